The summed E-state index contributed by atoms with van der Waals surface area (Å²) < 4.78 is 5.31. The summed E-state index contributed by atoms with van der Waals surface area (Å²) in [6, 6.07) is 0. The predicted molar refractivity (Wildman–Crippen MR) is 58.1 cm³/mol. The Morgan fingerprint density at radius 2 is 1.88 bits per heavy atom. The van der Waals surface area contributed by atoms with Crippen molar-refractivity contribution in [2.45, 2.75) is 62.9 Å². The SMILES string of the molecule is OC1CCCCCC1c1nc(C2CC2)no1. The van der Waals surface area contributed by atoms with Crippen molar-refractivity contribution in [3.63, 3.8) is 0 Å². The van der Waals surface area contributed by atoms with Gasteiger partial charge in [0.15, 0.2) is 5.82 Å². The number of hydrogen-bond donors (Lipinski definition) is 1. The highest BCUT2D eigenvalue weighted by Gasteiger charge is 2.32. The van der Waals surface area contributed by atoms with Crippen LogP contribution in [0.5, 0.6) is 0 Å². The van der Waals surface area contributed by atoms with Gasteiger partial charge < -0.3 is 9.63 Å². The molecular formula is C12H18N2O2. The third-order valence-corrected chi connectivity index (χ3v) is 3.70. The molecule has 2 aliphatic rings. The molecule has 1 aromatic rings. The standard InChI is InChI=1S/C12H18N2O2/c15-10-5-3-1-2-4-9(10)12-13-11(14-16-12)8-6-7-8/h8-10,15H,1-7H2. The van der Waals surface area contributed by atoms with E-state index in [2.05, 4.69) is 10.1 Å². The van der Waals surface area contributed by atoms with Crippen LogP contribution in [0.3, 0.4) is 0 Å². The van der Waals surface area contributed by atoms with Crippen molar-refractivity contribution in [3.8, 4) is 0 Å². The van der Waals surface area contributed by atoms with Crippen LogP contribution in [-0.2, 0) is 0 Å². The second kappa shape index (κ2) is 4.17. The minimum absolute atomic E-state index is 0.0718. The summed E-state index contributed by atoms with van der Waals surface area (Å²) >= 11 is 0. The zero-order chi connectivity index (χ0) is 11.0. The fraction of sp³-hybridized carbons (Fsp3) is 0.833. The first kappa shape index (κ1) is 10.3. The van der Waals surface area contributed by atoms with E-state index >= 15 is 0 Å². The maximum atomic E-state index is 10.0. The summed E-state index contributed by atoms with van der Waals surface area (Å²) in [7, 11) is 0. The van der Waals surface area contributed by atoms with Crippen LogP contribution < -0.4 is 0 Å². The fourth-order valence-corrected chi connectivity index (χ4v) is 2.48. The van der Waals surface area contributed by atoms with E-state index in [-0.39, 0.29) is 12.0 Å². The number of aliphatic hydroxyl groups excluding tert-OH is 1. The fourth-order valence-electron chi connectivity index (χ4n) is 2.48. The molecule has 0 aromatic carbocycles. The Bertz CT molecular complexity index is 360. The average molecular weight is 222 g/mol. The van der Waals surface area contributed by atoms with Gasteiger partial charge in [0.1, 0.15) is 0 Å². The van der Waals surface area contributed by atoms with Crippen LogP contribution in [0.4, 0.5) is 0 Å². The van der Waals surface area contributed by atoms with Gasteiger partial charge in [-0.05, 0) is 25.7 Å². The minimum atomic E-state index is -0.296. The van der Waals surface area contributed by atoms with Crippen molar-refractivity contribution in [2.75, 3.05) is 0 Å². The van der Waals surface area contributed by atoms with E-state index in [1.807, 2.05) is 0 Å². The molecule has 16 heavy (non-hydrogen) atoms. The van der Waals surface area contributed by atoms with Crippen molar-refractivity contribution in [3.05, 3.63) is 11.7 Å². The molecule has 2 fully saturated rings. The van der Waals surface area contributed by atoms with Crippen LogP contribution >= 0.6 is 0 Å². The molecule has 1 heterocycles. The largest absolute Gasteiger partial charge is 0.392 e. The van der Waals surface area contributed by atoms with Crippen LogP contribution in [0, 0.1) is 0 Å². The lowest BCUT2D eigenvalue weighted by Gasteiger charge is -2.15. The molecule has 88 valence electrons. The van der Waals surface area contributed by atoms with Crippen molar-refractivity contribution in [1.82, 2.24) is 10.1 Å². The van der Waals surface area contributed by atoms with E-state index in [0.29, 0.717) is 11.8 Å². The van der Waals surface area contributed by atoms with Crippen LogP contribution in [0.2, 0.25) is 0 Å². The highest BCUT2D eigenvalue weighted by atomic mass is 16.5. The molecule has 2 aliphatic carbocycles. The first-order valence-corrected chi connectivity index (χ1v) is 6.36. The number of hydrogen-bond acceptors (Lipinski definition) is 4. The van der Waals surface area contributed by atoms with Gasteiger partial charge in [0.05, 0.1) is 12.0 Å². The molecule has 1 aromatic heterocycles. The van der Waals surface area contributed by atoms with Gasteiger partial charge in [0.25, 0.3) is 0 Å². The summed E-state index contributed by atoms with van der Waals surface area (Å²) in [5.74, 6) is 2.12. The van der Waals surface area contributed by atoms with Crippen molar-refractivity contribution in [2.24, 2.45) is 0 Å². The van der Waals surface area contributed by atoms with Crippen LogP contribution in [0.15, 0.2) is 4.52 Å². The van der Waals surface area contributed by atoms with Crippen molar-refractivity contribution >= 4 is 0 Å². The predicted octanol–water partition coefficient (Wildman–Crippen LogP) is 2.36. The molecule has 0 aliphatic heterocycles. The van der Waals surface area contributed by atoms with Gasteiger partial charge in [-0.15, -0.1) is 0 Å². The Kier molecular flexibility index (Phi) is 2.67. The Morgan fingerprint density at radius 3 is 2.69 bits per heavy atom. The second-order valence-corrected chi connectivity index (χ2v) is 5.08. The van der Waals surface area contributed by atoms with E-state index in [0.717, 1.165) is 31.5 Å². The van der Waals surface area contributed by atoms with E-state index in [9.17, 15) is 5.11 Å². The molecule has 2 saturated carbocycles. The van der Waals surface area contributed by atoms with Gasteiger partial charge in [0.2, 0.25) is 5.89 Å². The Balaban J connectivity index is 1.77. The zero-order valence-corrected chi connectivity index (χ0v) is 9.43. The molecule has 0 amide bonds. The molecule has 4 heteroatoms. The lowest BCUT2D eigenvalue weighted by molar-refractivity contribution is 0.119. The molecule has 0 saturated heterocycles. The molecule has 0 spiro atoms. The molecule has 0 radical (unpaired) electrons. The summed E-state index contributed by atoms with van der Waals surface area (Å²) in [6.45, 7) is 0. The maximum absolute atomic E-state index is 10.0. The number of rotatable bonds is 2. The van der Waals surface area contributed by atoms with Crippen molar-refractivity contribution in [1.29, 1.82) is 0 Å². The highest BCUT2D eigenvalue weighted by Crippen LogP contribution is 2.39. The molecule has 2 unspecified atom stereocenters. The lowest BCUT2D eigenvalue weighted by Crippen LogP contribution is -2.17. The Morgan fingerprint density at radius 1 is 1.06 bits per heavy atom. The number of nitrogens with zero attached hydrogens (tertiary/aromatic N) is 2. The third kappa shape index (κ3) is 1.98. The molecule has 3 rings (SSSR count). The molecule has 4 nitrogen and oxygen atoms in total. The first-order chi connectivity index (χ1) is 7.84. The van der Waals surface area contributed by atoms with E-state index < -0.39 is 0 Å². The maximum Gasteiger partial charge on any atom is 0.232 e. The molecule has 2 atom stereocenters. The number of aliphatic hydroxyl groups is 1. The smallest absolute Gasteiger partial charge is 0.232 e. The Hall–Kier alpha value is -0.900. The minimum Gasteiger partial charge on any atom is -0.392 e. The van der Waals surface area contributed by atoms with E-state index in [1.54, 1.807) is 0 Å². The zero-order valence-electron chi connectivity index (χ0n) is 9.43. The van der Waals surface area contributed by atoms with Gasteiger partial charge in [0, 0.05) is 5.92 Å². The van der Waals surface area contributed by atoms with E-state index in [1.165, 1.54) is 19.3 Å². The summed E-state index contributed by atoms with van der Waals surface area (Å²) in [6.07, 6.45) is 7.40. The van der Waals surface area contributed by atoms with Crippen molar-refractivity contribution < 1.29 is 9.63 Å². The second-order valence-electron chi connectivity index (χ2n) is 5.08. The summed E-state index contributed by atoms with van der Waals surface area (Å²) in [5, 5.41) is 14.1. The monoisotopic (exact) mass is 222 g/mol. The van der Waals surface area contributed by atoms with Gasteiger partial charge in [-0.1, -0.05) is 24.4 Å². The van der Waals surface area contributed by atoms with Crippen LogP contribution in [0.25, 0.3) is 0 Å². The lowest BCUT2D eigenvalue weighted by atomic mass is 9.97. The van der Waals surface area contributed by atoms with Crippen LogP contribution in [-0.4, -0.2) is 21.4 Å². The van der Waals surface area contributed by atoms with Gasteiger partial charge in [-0.2, -0.15) is 4.98 Å². The Labute approximate surface area is 95.0 Å². The van der Waals surface area contributed by atoms with Crippen LogP contribution in [0.1, 0.15) is 68.5 Å². The normalized spacial score (nSPS) is 31.3. The van der Waals surface area contributed by atoms with Gasteiger partial charge in [-0.3, -0.25) is 0 Å². The number of aromatic nitrogens is 2. The summed E-state index contributed by atoms with van der Waals surface area (Å²) in [4.78, 5) is 4.45. The first-order valence-electron chi connectivity index (χ1n) is 6.36. The van der Waals surface area contributed by atoms with Gasteiger partial charge in [-0.25, -0.2) is 0 Å². The third-order valence-electron chi connectivity index (χ3n) is 3.70. The topological polar surface area (TPSA) is 59.2 Å². The molecule has 1 N–H and O–H groups in total. The van der Waals surface area contributed by atoms with E-state index in [4.69, 9.17) is 4.52 Å². The quantitative estimate of drug-likeness (QED) is 0.780. The average Bonchev–Trinajstić information content (AvgIpc) is 3.06. The highest BCUT2D eigenvalue weighted by molar-refractivity contribution is 5.06. The summed E-state index contributed by atoms with van der Waals surface area (Å²) in [5.41, 5.74) is 0. The van der Waals surface area contributed by atoms with Gasteiger partial charge >= 0.3 is 0 Å². The molecule has 0 bridgehead atoms. The molecular weight excluding hydrogens is 204 g/mol.